The van der Waals surface area contributed by atoms with Gasteiger partial charge in [0.05, 0.1) is 18.1 Å². The molecule has 7 nitrogen and oxygen atoms in total. The maximum absolute atomic E-state index is 12.4. The van der Waals surface area contributed by atoms with E-state index in [0.29, 0.717) is 30.1 Å². The van der Waals surface area contributed by atoms with Crippen LogP contribution in [0.15, 0.2) is 11.0 Å². The molecule has 2 atom stereocenters. The number of ether oxygens (including phenoxy) is 1. The number of rotatable bonds is 4. The average Bonchev–Trinajstić information content (AvgIpc) is 2.99. The summed E-state index contributed by atoms with van der Waals surface area (Å²) in [6, 6.07) is 0.195. The third-order valence-electron chi connectivity index (χ3n) is 5.19. The maximum Gasteiger partial charge on any atom is 0.262 e. The Bertz CT molecular complexity index is 824. The van der Waals surface area contributed by atoms with Crippen LogP contribution in [-0.2, 0) is 9.53 Å². The quantitative estimate of drug-likeness (QED) is 0.849. The highest BCUT2D eigenvalue weighted by molar-refractivity contribution is 6.28. The maximum atomic E-state index is 12.4. The molecule has 0 amide bonds. The normalized spacial score (nSPS) is 24.9. The average molecular weight is 351 g/mol. The van der Waals surface area contributed by atoms with Gasteiger partial charge in [-0.05, 0) is 25.7 Å². The fourth-order valence-electron chi connectivity index (χ4n) is 3.64. The van der Waals surface area contributed by atoms with Crippen molar-refractivity contribution >= 4 is 28.4 Å². The predicted molar refractivity (Wildman–Crippen MR) is 88.4 cm³/mol. The number of nitrogens with zero attached hydrogens (tertiary/aromatic N) is 3. The van der Waals surface area contributed by atoms with E-state index in [1.54, 1.807) is 6.20 Å². The summed E-state index contributed by atoms with van der Waals surface area (Å²) in [7, 11) is 0. The van der Waals surface area contributed by atoms with E-state index in [2.05, 4.69) is 15.1 Å². The second-order valence-corrected chi connectivity index (χ2v) is 6.78. The van der Waals surface area contributed by atoms with Gasteiger partial charge in [0.15, 0.2) is 11.4 Å². The topological polar surface area (TPSA) is 89.9 Å². The first-order chi connectivity index (χ1) is 11.7. The lowest BCUT2D eigenvalue weighted by Crippen LogP contribution is -2.34. The van der Waals surface area contributed by atoms with Crippen molar-refractivity contribution in [3.8, 4) is 0 Å². The van der Waals surface area contributed by atoms with Gasteiger partial charge < -0.3 is 9.72 Å². The summed E-state index contributed by atoms with van der Waals surface area (Å²) in [5, 5.41) is 4.88. The fourth-order valence-corrected chi connectivity index (χ4v) is 3.84. The minimum Gasteiger partial charge on any atom is -0.381 e. The van der Waals surface area contributed by atoms with Gasteiger partial charge in [-0.25, -0.2) is 9.67 Å². The molecule has 4 rings (SSSR count). The number of aromatic amines is 1. The molecule has 0 bridgehead atoms. The molecule has 1 aliphatic carbocycles. The van der Waals surface area contributed by atoms with Gasteiger partial charge in [-0.15, -0.1) is 11.6 Å². The second-order valence-electron chi connectivity index (χ2n) is 6.51. The van der Waals surface area contributed by atoms with Gasteiger partial charge in [-0.1, -0.05) is 0 Å². The third-order valence-corrected chi connectivity index (χ3v) is 5.45. The Balaban J connectivity index is 1.73. The second kappa shape index (κ2) is 6.29. The molecule has 1 saturated heterocycles. The van der Waals surface area contributed by atoms with Crippen LogP contribution in [0, 0.1) is 5.92 Å². The first-order valence-electron chi connectivity index (χ1n) is 8.33. The smallest absolute Gasteiger partial charge is 0.262 e. The van der Waals surface area contributed by atoms with Gasteiger partial charge in [0.25, 0.3) is 5.56 Å². The zero-order valence-corrected chi connectivity index (χ0v) is 14.0. The Morgan fingerprint density at radius 1 is 1.33 bits per heavy atom. The lowest BCUT2D eigenvalue weighted by atomic mass is 9.71. The van der Waals surface area contributed by atoms with Gasteiger partial charge in [0.1, 0.15) is 11.2 Å². The number of Topliss-reactive ketones (excluding diaryl/α,β-unsaturated/α-hetero) is 1. The van der Waals surface area contributed by atoms with E-state index in [1.807, 2.05) is 4.68 Å². The van der Waals surface area contributed by atoms with Crippen molar-refractivity contribution in [1.29, 1.82) is 0 Å². The van der Waals surface area contributed by atoms with Crippen LogP contribution in [-0.4, -0.2) is 44.6 Å². The van der Waals surface area contributed by atoms with E-state index < -0.39 is 0 Å². The molecule has 2 aromatic rings. The summed E-state index contributed by atoms with van der Waals surface area (Å²) >= 11 is 5.68. The molecule has 0 radical (unpaired) electrons. The zero-order valence-electron chi connectivity index (χ0n) is 13.2. The van der Waals surface area contributed by atoms with Crippen molar-refractivity contribution in [3.05, 3.63) is 22.4 Å². The van der Waals surface area contributed by atoms with Gasteiger partial charge in [-0.2, -0.15) is 5.10 Å². The van der Waals surface area contributed by atoms with Crippen LogP contribution < -0.4 is 5.56 Å². The molecular weight excluding hydrogens is 332 g/mol. The highest BCUT2D eigenvalue weighted by Crippen LogP contribution is 2.41. The van der Waals surface area contributed by atoms with Crippen LogP contribution in [0.5, 0.6) is 0 Å². The van der Waals surface area contributed by atoms with E-state index in [4.69, 9.17) is 16.3 Å². The van der Waals surface area contributed by atoms with Crippen LogP contribution in [0.3, 0.4) is 0 Å². The Morgan fingerprint density at radius 3 is 2.79 bits per heavy atom. The summed E-state index contributed by atoms with van der Waals surface area (Å²) in [5.41, 5.74) is 0.405. The minimum atomic E-state index is -0.197. The minimum absolute atomic E-state index is 0.00759. The number of hydrogen-bond donors (Lipinski definition) is 1. The van der Waals surface area contributed by atoms with Crippen LogP contribution in [0.25, 0.3) is 11.0 Å². The van der Waals surface area contributed by atoms with Gasteiger partial charge in [0, 0.05) is 25.0 Å². The van der Waals surface area contributed by atoms with Gasteiger partial charge in [-0.3, -0.25) is 9.59 Å². The Kier molecular flexibility index (Phi) is 4.14. The number of aromatic nitrogens is 4. The number of H-pyrrole nitrogens is 1. The molecule has 0 aromatic carbocycles. The van der Waals surface area contributed by atoms with Crippen molar-refractivity contribution in [2.24, 2.45) is 5.92 Å². The number of halogens is 1. The molecule has 3 heterocycles. The molecule has 8 heteroatoms. The van der Waals surface area contributed by atoms with Crippen molar-refractivity contribution in [2.45, 2.75) is 37.6 Å². The predicted octanol–water partition coefficient (Wildman–Crippen LogP) is 1.77. The molecule has 2 aliphatic rings. The molecule has 1 saturated carbocycles. The lowest BCUT2D eigenvalue weighted by molar-refractivity contribution is -0.123. The number of ketones is 1. The highest BCUT2D eigenvalue weighted by atomic mass is 35.5. The van der Waals surface area contributed by atoms with Crippen molar-refractivity contribution in [2.75, 3.05) is 19.1 Å². The number of hydrogen-bond acceptors (Lipinski definition) is 5. The Labute approximate surface area is 143 Å². The SMILES string of the molecule is O=C(CCl)C1CCC1c1nc2c(cnn2C2CCOCC2)c(=O)[nH]1. The molecule has 24 heavy (non-hydrogen) atoms. The van der Waals surface area contributed by atoms with Crippen molar-refractivity contribution in [3.63, 3.8) is 0 Å². The lowest BCUT2D eigenvalue weighted by Gasteiger charge is -2.34. The Hall–Kier alpha value is -1.73. The number of carbonyl (C=O) groups excluding carboxylic acids is 1. The first-order valence-corrected chi connectivity index (χ1v) is 8.86. The molecule has 2 unspecified atom stereocenters. The number of fused-ring (bicyclic) bond motifs is 1. The number of carbonyl (C=O) groups is 1. The summed E-state index contributed by atoms with van der Waals surface area (Å²) in [4.78, 5) is 31.8. The molecule has 2 aromatic heterocycles. The zero-order chi connectivity index (χ0) is 16.7. The van der Waals surface area contributed by atoms with Crippen LogP contribution in [0.2, 0.25) is 0 Å². The molecule has 0 spiro atoms. The molecular formula is C16H19ClN4O3. The van der Waals surface area contributed by atoms with Crippen LogP contribution in [0.4, 0.5) is 0 Å². The number of alkyl halides is 1. The summed E-state index contributed by atoms with van der Waals surface area (Å²) < 4.78 is 7.24. The largest absolute Gasteiger partial charge is 0.381 e. The van der Waals surface area contributed by atoms with Crippen molar-refractivity contribution in [1.82, 2.24) is 19.7 Å². The third kappa shape index (κ3) is 2.56. The molecule has 1 N–H and O–H groups in total. The van der Waals surface area contributed by atoms with Crippen molar-refractivity contribution < 1.29 is 9.53 Å². The first kappa shape index (κ1) is 15.8. The molecule has 2 fully saturated rings. The highest BCUT2D eigenvalue weighted by Gasteiger charge is 2.38. The van der Waals surface area contributed by atoms with Crippen LogP contribution in [0.1, 0.15) is 43.5 Å². The van der Waals surface area contributed by atoms with E-state index in [0.717, 1.165) is 25.7 Å². The van der Waals surface area contributed by atoms with Gasteiger partial charge in [0.2, 0.25) is 0 Å². The van der Waals surface area contributed by atoms with E-state index >= 15 is 0 Å². The van der Waals surface area contributed by atoms with Crippen LogP contribution >= 0.6 is 11.6 Å². The van der Waals surface area contributed by atoms with E-state index in [9.17, 15) is 9.59 Å². The Morgan fingerprint density at radius 2 is 2.12 bits per heavy atom. The van der Waals surface area contributed by atoms with E-state index in [1.165, 1.54) is 0 Å². The summed E-state index contributed by atoms with van der Waals surface area (Å²) in [6.07, 6.45) is 4.93. The number of nitrogens with one attached hydrogen (secondary N) is 1. The monoisotopic (exact) mass is 350 g/mol. The fraction of sp³-hybridized carbons (Fsp3) is 0.625. The van der Waals surface area contributed by atoms with Gasteiger partial charge >= 0.3 is 0 Å². The summed E-state index contributed by atoms with van der Waals surface area (Å²) in [6.45, 7) is 1.38. The van der Waals surface area contributed by atoms with E-state index in [-0.39, 0.29) is 35.1 Å². The standard InChI is InChI=1S/C16H19ClN4O3/c17-7-13(22)10-1-2-11(10)14-19-15-12(16(23)20-14)8-18-21(15)9-3-5-24-6-4-9/h8-11H,1-7H2,(H,19,20,23). The molecule has 128 valence electrons. The molecule has 1 aliphatic heterocycles. The summed E-state index contributed by atoms with van der Waals surface area (Å²) in [5.74, 6) is 0.423.